The van der Waals surface area contributed by atoms with E-state index in [-0.39, 0.29) is 10.4 Å². The normalized spacial score (nSPS) is 15.2. The van der Waals surface area contributed by atoms with Gasteiger partial charge in [-0.05, 0) is 31.0 Å². The quantitative estimate of drug-likeness (QED) is 0.855. The van der Waals surface area contributed by atoms with Crippen LogP contribution >= 0.6 is 11.3 Å². The van der Waals surface area contributed by atoms with E-state index in [9.17, 15) is 22.7 Å². The van der Waals surface area contributed by atoms with Crippen molar-refractivity contribution in [3.05, 3.63) is 51.2 Å². The lowest BCUT2D eigenvalue weighted by Crippen LogP contribution is -2.21. The van der Waals surface area contributed by atoms with E-state index < -0.39 is 22.6 Å². The van der Waals surface area contributed by atoms with E-state index in [4.69, 9.17) is 0 Å². The van der Waals surface area contributed by atoms with E-state index in [0.29, 0.717) is 16.9 Å². The second-order valence-electron chi connectivity index (χ2n) is 4.56. The average Bonchev–Trinajstić information content (AvgIpc) is 2.82. The van der Waals surface area contributed by atoms with Crippen LogP contribution in [-0.4, -0.2) is 10.1 Å². The van der Waals surface area contributed by atoms with E-state index in [2.05, 4.69) is 4.98 Å². The predicted octanol–water partition coefficient (Wildman–Crippen LogP) is 3.87. The summed E-state index contributed by atoms with van der Waals surface area (Å²) in [7, 11) is 0. The fourth-order valence-electron chi connectivity index (χ4n) is 1.67. The molecule has 0 amide bonds. The summed E-state index contributed by atoms with van der Waals surface area (Å²) >= 11 is 0.343. The van der Waals surface area contributed by atoms with Crippen LogP contribution in [0, 0.1) is 12.7 Å². The Kier molecular flexibility index (Phi) is 3.60. The molecule has 0 spiro atoms. The number of aromatic nitrogens is 1. The number of hydrogen-bond donors (Lipinski definition) is 1. The number of hydrogen-bond acceptors (Lipinski definition) is 3. The number of benzene rings is 1. The van der Waals surface area contributed by atoms with Crippen molar-refractivity contribution in [3.63, 3.8) is 0 Å². The fraction of sp³-hybridized carbons (Fsp3) is 0.308. The molecule has 2 rings (SSSR count). The van der Waals surface area contributed by atoms with Crippen LogP contribution in [0.25, 0.3) is 0 Å². The molecule has 0 saturated heterocycles. The van der Waals surface area contributed by atoms with Gasteiger partial charge in [0.1, 0.15) is 11.4 Å². The summed E-state index contributed by atoms with van der Waals surface area (Å²) in [5.41, 5.74) is -1.15. The fourth-order valence-corrected chi connectivity index (χ4v) is 2.52. The lowest BCUT2D eigenvalue weighted by molar-refractivity contribution is -0.137. The molecule has 7 heteroatoms. The Morgan fingerprint density at radius 1 is 1.25 bits per heavy atom. The minimum Gasteiger partial charge on any atom is -0.380 e. The number of rotatable bonds is 2. The first-order chi connectivity index (χ1) is 9.12. The molecule has 2 nitrogen and oxygen atoms in total. The van der Waals surface area contributed by atoms with Crippen LogP contribution in [0.5, 0.6) is 0 Å². The lowest BCUT2D eigenvalue weighted by atomic mass is 9.94. The van der Waals surface area contributed by atoms with E-state index in [1.807, 2.05) is 0 Å². The molecule has 0 aliphatic rings. The van der Waals surface area contributed by atoms with E-state index >= 15 is 0 Å². The molecule has 108 valence electrons. The second-order valence-corrected chi connectivity index (χ2v) is 5.59. The standard InChI is InChI=1S/C13H11F4NOS/c1-7-3-4-8(5-9(7)14)12(2,19)10-6-18-11(20-10)13(15,16)17/h3-6,19H,1-2H3. The largest absolute Gasteiger partial charge is 0.443 e. The molecule has 0 radical (unpaired) electrons. The molecule has 0 fully saturated rings. The first kappa shape index (κ1) is 14.9. The number of aliphatic hydroxyl groups is 1. The van der Waals surface area contributed by atoms with Crippen LogP contribution in [0.1, 0.15) is 27.9 Å². The number of aryl methyl sites for hydroxylation is 1. The van der Waals surface area contributed by atoms with Crippen molar-refractivity contribution in [1.82, 2.24) is 4.98 Å². The van der Waals surface area contributed by atoms with Crippen molar-refractivity contribution < 1.29 is 22.7 Å². The molecular weight excluding hydrogens is 294 g/mol. The molecule has 0 bridgehead atoms. The summed E-state index contributed by atoms with van der Waals surface area (Å²) in [6, 6.07) is 4.05. The molecule has 1 heterocycles. The van der Waals surface area contributed by atoms with E-state index in [1.165, 1.54) is 19.1 Å². The highest BCUT2D eigenvalue weighted by atomic mass is 32.1. The summed E-state index contributed by atoms with van der Waals surface area (Å²) in [5, 5.41) is 9.35. The Bertz CT molecular complexity index is 634. The van der Waals surface area contributed by atoms with Gasteiger partial charge in [0.25, 0.3) is 0 Å². The third-order valence-electron chi connectivity index (χ3n) is 2.96. The van der Waals surface area contributed by atoms with Crippen molar-refractivity contribution in [1.29, 1.82) is 0 Å². The first-order valence-corrected chi connectivity index (χ1v) is 6.46. The molecule has 20 heavy (non-hydrogen) atoms. The molecule has 1 aromatic carbocycles. The van der Waals surface area contributed by atoms with Gasteiger partial charge in [-0.3, -0.25) is 0 Å². The molecular formula is C13H11F4NOS. The van der Waals surface area contributed by atoms with Crippen LogP contribution in [0.2, 0.25) is 0 Å². The zero-order chi connectivity index (χ0) is 15.1. The zero-order valence-corrected chi connectivity index (χ0v) is 11.4. The molecule has 1 unspecified atom stereocenters. The van der Waals surface area contributed by atoms with Crippen LogP contribution < -0.4 is 0 Å². The number of alkyl halides is 3. The Labute approximate surface area is 116 Å². The van der Waals surface area contributed by atoms with Gasteiger partial charge in [0.05, 0.1) is 4.88 Å². The summed E-state index contributed by atoms with van der Waals surface area (Å²) in [6.45, 7) is 2.87. The highest BCUT2D eigenvalue weighted by Crippen LogP contribution is 2.38. The molecule has 2 aromatic rings. The molecule has 1 aromatic heterocycles. The van der Waals surface area contributed by atoms with Crippen LogP contribution in [0.15, 0.2) is 24.4 Å². The SMILES string of the molecule is Cc1ccc(C(C)(O)c2cnc(C(F)(F)F)s2)cc1F. The molecule has 0 saturated carbocycles. The Hall–Kier alpha value is -1.47. The summed E-state index contributed by atoms with van der Waals surface area (Å²) in [5.74, 6) is -0.525. The topological polar surface area (TPSA) is 33.1 Å². The van der Waals surface area contributed by atoms with E-state index in [1.54, 1.807) is 6.92 Å². The van der Waals surface area contributed by atoms with Crippen molar-refractivity contribution in [2.75, 3.05) is 0 Å². The summed E-state index contributed by atoms with van der Waals surface area (Å²) < 4.78 is 51.1. The third-order valence-corrected chi connectivity index (χ3v) is 4.21. The number of nitrogens with zero attached hydrogens (tertiary/aromatic N) is 1. The maximum atomic E-state index is 13.5. The van der Waals surface area contributed by atoms with Crippen molar-refractivity contribution >= 4 is 11.3 Å². The number of thiazole rings is 1. The maximum absolute atomic E-state index is 13.5. The minimum atomic E-state index is -4.56. The lowest BCUT2D eigenvalue weighted by Gasteiger charge is -2.22. The van der Waals surface area contributed by atoms with Crippen molar-refractivity contribution in [2.24, 2.45) is 0 Å². The smallest absolute Gasteiger partial charge is 0.380 e. The first-order valence-electron chi connectivity index (χ1n) is 5.65. The van der Waals surface area contributed by atoms with Crippen molar-refractivity contribution in [3.8, 4) is 0 Å². The Balaban J connectivity index is 2.43. The van der Waals surface area contributed by atoms with Gasteiger partial charge in [0.15, 0.2) is 5.01 Å². The van der Waals surface area contributed by atoms with E-state index in [0.717, 1.165) is 12.3 Å². The van der Waals surface area contributed by atoms with Crippen LogP contribution in [-0.2, 0) is 11.8 Å². The Morgan fingerprint density at radius 2 is 1.90 bits per heavy atom. The molecule has 1 N–H and O–H groups in total. The maximum Gasteiger partial charge on any atom is 0.443 e. The Morgan fingerprint density at radius 3 is 2.40 bits per heavy atom. The zero-order valence-electron chi connectivity index (χ0n) is 10.6. The summed E-state index contributed by atoms with van der Waals surface area (Å²) in [6.07, 6.45) is -3.59. The molecule has 0 aliphatic heterocycles. The van der Waals surface area contributed by atoms with Gasteiger partial charge in [-0.1, -0.05) is 12.1 Å². The van der Waals surface area contributed by atoms with Gasteiger partial charge < -0.3 is 5.11 Å². The van der Waals surface area contributed by atoms with Gasteiger partial charge in [-0.25, -0.2) is 9.37 Å². The molecule has 0 aliphatic carbocycles. The monoisotopic (exact) mass is 305 g/mol. The average molecular weight is 305 g/mol. The van der Waals surface area contributed by atoms with Gasteiger partial charge in [0, 0.05) is 6.20 Å². The van der Waals surface area contributed by atoms with Gasteiger partial charge in [-0.15, -0.1) is 11.3 Å². The van der Waals surface area contributed by atoms with Crippen LogP contribution in [0.3, 0.4) is 0 Å². The highest BCUT2D eigenvalue weighted by molar-refractivity contribution is 7.11. The number of halogens is 4. The van der Waals surface area contributed by atoms with Gasteiger partial charge in [-0.2, -0.15) is 13.2 Å². The minimum absolute atomic E-state index is 0.00748. The summed E-state index contributed by atoms with van der Waals surface area (Å²) in [4.78, 5) is 3.27. The third kappa shape index (κ3) is 2.69. The van der Waals surface area contributed by atoms with Crippen LogP contribution in [0.4, 0.5) is 17.6 Å². The van der Waals surface area contributed by atoms with Gasteiger partial charge >= 0.3 is 6.18 Å². The van der Waals surface area contributed by atoms with Gasteiger partial charge in [0.2, 0.25) is 0 Å². The molecule has 1 atom stereocenters. The predicted molar refractivity (Wildman–Crippen MR) is 66.9 cm³/mol. The van der Waals surface area contributed by atoms with Crippen molar-refractivity contribution in [2.45, 2.75) is 25.6 Å². The highest BCUT2D eigenvalue weighted by Gasteiger charge is 2.37. The second kappa shape index (κ2) is 4.82.